The molecule has 0 N–H and O–H groups in total. The van der Waals surface area contributed by atoms with Crippen LogP contribution in [-0.2, 0) is 10.0 Å². The van der Waals surface area contributed by atoms with Crippen molar-refractivity contribution in [1.82, 2.24) is 0 Å². The maximum Gasteiger partial charge on any atom is 0.264 e. The summed E-state index contributed by atoms with van der Waals surface area (Å²) in [6, 6.07) is 10.3. The molecule has 0 aliphatic rings. The quantitative estimate of drug-likeness (QED) is 0.868. The molecule has 0 saturated heterocycles. The first-order valence-corrected chi connectivity index (χ1v) is 7.65. The highest BCUT2D eigenvalue weighted by Crippen LogP contribution is 2.26. The summed E-state index contributed by atoms with van der Waals surface area (Å²) in [7, 11) is -2.28. The van der Waals surface area contributed by atoms with Crippen molar-refractivity contribution in [2.45, 2.75) is 11.8 Å². The number of benzene rings is 2. The van der Waals surface area contributed by atoms with Crippen molar-refractivity contribution in [2.75, 3.05) is 11.4 Å². The van der Waals surface area contributed by atoms with Crippen LogP contribution in [0.1, 0.15) is 5.56 Å². The number of aryl methyl sites for hydroxylation is 1. The third kappa shape index (κ3) is 2.78. The molecular formula is C14H13ClFNO2S. The minimum absolute atomic E-state index is 0.117. The lowest BCUT2D eigenvalue weighted by Crippen LogP contribution is -2.26. The van der Waals surface area contributed by atoms with Crippen molar-refractivity contribution in [2.24, 2.45) is 0 Å². The van der Waals surface area contributed by atoms with Crippen molar-refractivity contribution in [3.05, 3.63) is 58.9 Å². The van der Waals surface area contributed by atoms with Crippen LogP contribution >= 0.6 is 11.6 Å². The Labute approximate surface area is 122 Å². The number of hydrogen-bond acceptors (Lipinski definition) is 2. The van der Waals surface area contributed by atoms with Gasteiger partial charge in [-0.25, -0.2) is 12.8 Å². The Morgan fingerprint density at radius 2 is 1.70 bits per heavy atom. The average molecular weight is 314 g/mol. The molecule has 0 atom stereocenters. The van der Waals surface area contributed by atoms with E-state index >= 15 is 0 Å². The van der Waals surface area contributed by atoms with E-state index in [4.69, 9.17) is 11.6 Å². The summed E-state index contributed by atoms with van der Waals surface area (Å²) < 4.78 is 39.1. The van der Waals surface area contributed by atoms with Crippen LogP contribution in [0.25, 0.3) is 0 Å². The normalized spacial score (nSPS) is 11.4. The van der Waals surface area contributed by atoms with E-state index in [0.29, 0.717) is 5.69 Å². The summed E-state index contributed by atoms with van der Waals surface area (Å²) in [6.07, 6.45) is 0. The Kier molecular flexibility index (Phi) is 4.01. The second-order valence-corrected chi connectivity index (χ2v) is 6.76. The number of sulfonamides is 1. The van der Waals surface area contributed by atoms with Gasteiger partial charge in [0.15, 0.2) is 0 Å². The molecule has 2 aromatic rings. The molecule has 0 heterocycles. The highest BCUT2D eigenvalue weighted by Gasteiger charge is 2.21. The first-order chi connectivity index (χ1) is 9.32. The van der Waals surface area contributed by atoms with Gasteiger partial charge >= 0.3 is 0 Å². The van der Waals surface area contributed by atoms with E-state index in [1.165, 1.54) is 31.3 Å². The molecule has 20 heavy (non-hydrogen) atoms. The number of halogens is 2. The number of nitrogens with zero attached hydrogens (tertiary/aromatic N) is 1. The van der Waals surface area contributed by atoms with Gasteiger partial charge in [-0.1, -0.05) is 29.3 Å². The highest BCUT2D eigenvalue weighted by molar-refractivity contribution is 7.92. The molecule has 0 aliphatic heterocycles. The molecule has 106 valence electrons. The molecule has 6 heteroatoms. The summed E-state index contributed by atoms with van der Waals surface area (Å²) in [5.41, 5.74) is 1.27. The van der Waals surface area contributed by atoms with E-state index in [9.17, 15) is 12.8 Å². The van der Waals surface area contributed by atoms with E-state index in [-0.39, 0.29) is 9.92 Å². The Balaban J connectivity index is 2.42. The minimum Gasteiger partial charge on any atom is -0.269 e. The zero-order valence-electron chi connectivity index (χ0n) is 11.0. The fourth-order valence-electron chi connectivity index (χ4n) is 1.69. The first-order valence-electron chi connectivity index (χ1n) is 5.83. The summed E-state index contributed by atoms with van der Waals surface area (Å²) >= 11 is 5.68. The predicted molar refractivity (Wildman–Crippen MR) is 78.2 cm³/mol. The van der Waals surface area contributed by atoms with Crippen LogP contribution < -0.4 is 4.31 Å². The first kappa shape index (κ1) is 14.8. The van der Waals surface area contributed by atoms with Crippen molar-refractivity contribution >= 4 is 27.3 Å². The Hall–Kier alpha value is -1.59. The van der Waals surface area contributed by atoms with Gasteiger partial charge in [0.25, 0.3) is 10.0 Å². The molecular weight excluding hydrogens is 301 g/mol. The molecule has 2 rings (SSSR count). The lowest BCUT2D eigenvalue weighted by Gasteiger charge is -2.20. The topological polar surface area (TPSA) is 37.4 Å². The standard InChI is InChI=1S/C14H13ClFNO2S/c1-10-3-6-12(7-4-10)20(18,19)17(2)11-5-8-14(16)13(15)9-11/h3-9H,1-2H3. The molecule has 0 fully saturated rings. The van der Waals surface area contributed by atoms with E-state index in [1.54, 1.807) is 12.1 Å². The molecule has 2 aromatic carbocycles. The minimum atomic E-state index is -3.69. The van der Waals surface area contributed by atoms with Gasteiger partial charge in [0, 0.05) is 7.05 Å². The summed E-state index contributed by atoms with van der Waals surface area (Å²) in [4.78, 5) is 0.172. The molecule has 0 bridgehead atoms. The zero-order valence-corrected chi connectivity index (χ0v) is 12.5. The summed E-state index contributed by atoms with van der Waals surface area (Å²) in [5.74, 6) is -0.587. The molecule has 3 nitrogen and oxygen atoms in total. The fourth-order valence-corrected chi connectivity index (χ4v) is 3.05. The molecule has 0 unspecified atom stereocenters. The molecule has 0 saturated carbocycles. The van der Waals surface area contributed by atoms with E-state index in [1.807, 2.05) is 6.92 Å². The van der Waals surface area contributed by atoms with Gasteiger partial charge in [-0.05, 0) is 37.3 Å². The number of rotatable bonds is 3. The second kappa shape index (κ2) is 5.42. The maximum atomic E-state index is 13.1. The van der Waals surface area contributed by atoms with Crippen LogP contribution in [0.2, 0.25) is 5.02 Å². The van der Waals surface area contributed by atoms with Crippen molar-refractivity contribution in [3.63, 3.8) is 0 Å². The highest BCUT2D eigenvalue weighted by atomic mass is 35.5. The van der Waals surface area contributed by atoms with Crippen LogP contribution in [0.3, 0.4) is 0 Å². The zero-order chi connectivity index (χ0) is 14.9. The van der Waals surface area contributed by atoms with Gasteiger partial charge in [0.2, 0.25) is 0 Å². The number of hydrogen-bond donors (Lipinski definition) is 0. The van der Waals surface area contributed by atoms with Crippen LogP contribution in [0.15, 0.2) is 47.4 Å². The van der Waals surface area contributed by atoms with Crippen molar-refractivity contribution in [3.8, 4) is 0 Å². The van der Waals surface area contributed by atoms with E-state index < -0.39 is 15.8 Å². The molecule has 0 amide bonds. The van der Waals surface area contributed by atoms with Crippen LogP contribution in [-0.4, -0.2) is 15.5 Å². The van der Waals surface area contributed by atoms with Crippen LogP contribution in [0.4, 0.5) is 10.1 Å². The Morgan fingerprint density at radius 1 is 1.10 bits per heavy atom. The summed E-state index contributed by atoms with van der Waals surface area (Å²) in [6.45, 7) is 1.87. The molecule has 0 aliphatic carbocycles. The average Bonchev–Trinajstić information content (AvgIpc) is 2.41. The third-order valence-corrected chi connectivity index (χ3v) is 5.04. The maximum absolute atomic E-state index is 13.1. The monoisotopic (exact) mass is 313 g/mol. The smallest absolute Gasteiger partial charge is 0.264 e. The third-order valence-electron chi connectivity index (χ3n) is 2.95. The Morgan fingerprint density at radius 3 is 2.25 bits per heavy atom. The van der Waals surface area contributed by atoms with E-state index in [2.05, 4.69) is 0 Å². The van der Waals surface area contributed by atoms with Gasteiger partial charge in [-0.2, -0.15) is 0 Å². The van der Waals surface area contributed by atoms with Gasteiger partial charge in [-0.3, -0.25) is 4.31 Å². The van der Waals surface area contributed by atoms with Crippen LogP contribution in [0.5, 0.6) is 0 Å². The molecule has 0 spiro atoms. The molecule has 0 radical (unpaired) electrons. The number of anilines is 1. The van der Waals surface area contributed by atoms with Gasteiger partial charge < -0.3 is 0 Å². The SMILES string of the molecule is Cc1ccc(S(=O)(=O)N(C)c2ccc(F)c(Cl)c2)cc1. The van der Waals surface area contributed by atoms with Crippen molar-refractivity contribution < 1.29 is 12.8 Å². The lowest BCUT2D eigenvalue weighted by molar-refractivity contribution is 0.594. The largest absolute Gasteiger partial charge is 0.269 e. The molecule has 0 aromatic heterocycles. The van der Waals surface area contributed by atoms with Crippen LogP contribution in [0, 0.1) is 12.7 Å². The predicted octanol–water partition coefficient (Wildman–Crippen LogP) is 3.61. The van der Waals surface area contributed by atoms with Gasteiger partial charge in [-0.15, -0.1) is 0 Å². The second-order valence-electron chi connectivity index (χ2n) is 4.38. The fraction of sp³-hybridized carbons (Fsp3) is 0.143. The van der Waals surface area contributed by atoms with E-state index in [0.717, 1.165) is 15.9 Å². The summed E-state index contributed by atoms with van der Waals surface area (Å²) in [5, 5.41) is -0.117. The van der Waals surface area contributed by atoms with Crippen molar-refractivity contribution in [1.29, 1.82) is 0 Å². The van der Waals surface area contributed by atoms with Gasteiger partial charge in [0.05, 0.1) is 15.6 Å². The Bertz CT molecular complexity index is 729. The van der Waals surface area contributed by atoms with Gasteiger partial charge in [0.1, 0.15) is 5.82 Å². The lowest BCUT2D eigenvalue weighted by atomic mass is 10.2.